The fraction of sp³-hybridized carbons (Fsp3) is 0.368. The van der Waals surface area contributed by atoms with Gasteiger partial charge in [0, 0.05) is 4.47 Å². The summed E-state index contributed by atoms with van der Waals surface area (Å²) in [6, 6.07) is 19.6. The van der Waals surface area contributed by atoms with Gasteiger partial charge in [0.15, 0.2) is 0 Å². The van der Waals surface area contributed by atoms with E-state index in [1.807, 2.05) is 0 Å². The zero-order chi connectivity index (χ0) is 14.7. The van der Waals surface area contributed by atoms with Gasteiger partial charge in [0.1, 0.15) is 0 Å². The molecule has 3 unspecified atom stereocenters. The van der Waals surface area contributed by atoms with Crippen LogP contribution in [0.2, 0.25) is 0 Å². The van der Waals surface area contributed by atoms with Crippen LogP contribution in [0.3, 0.4) is 0 Å². The van der Waals surface area contributed by atoms with Crippen molar-refractivity contribution in [2.45, 2.75) is 18.8 Å². The predicted molar refractivity (Wildman–Crippen MR) is 92.6 cm³/mol. The molecule has 1 fully saturated rings. The van der Waals surface area contributed by atoms with Crippen molar-refractivity contribution >= 4 is 15.9 Å². The van der Waals surface area contributed by atoms with Crippen LogP contribution in [0.1, 0.15) is 23.5 Å². The minimum atomic E-state index is 0.707. The molecule has 110 valence electrons. The lowest BCUT2D eigenvalue weighted by Gasteiger charge is -2.18. The van der Waals surface area contributed by atoms with E-state index in [1.165, 1.54) is 22.0 Å². The SMILES string of the molecule is CNCC(Cc1ccccc1Br)C1CC1c1ccccc1. The van der Waals surface area contributed by atoms with E-state index in [1.54, 1.807) is 0 Å². The lowest BCUT2D eigenvalue weighted by Crippen LogP contribution is -2.23. The van der Waals surface area contributed by atoms with Gasteiger partial charge in [-0.25, -0.2) is 0 Å². The molecule has 0 radical (unpaired) electrons. The molecule has 1 N–H and O–H groups in total. The summed E-state index contributed by atoms with van der Waals surface area (Å²) < 4.78 is 1.24. The minimum Gasteiger partial charge on any atom is -0.319 e. The van der Waals surface area contributed by atoms with Crippen molar-refractivity contribution in [3.63, 3.8) is 0 Å². The summed E-state index contributed by atoms with van der Waals surface area (Å²) in [5.41, 5.74) is 2.94. The van der Waals surface area contributed by atoms with Crippen molar-refractivity contribution in [2.75, 3.05) is 13.6 Å². The molecule has 1 aliphatic rings. The molecule has 0 saturated heterocycles. The summed E-state index contributed by atoms with van der Waals surface area (Å²) in [6.45, 7) is 1.09. The van der Waals surface area contributed by atoms with Crippen LogP contribution in [0.15, 0.2) is 59.1 Å². The van der Waals surface area contributed by atoms with Crippen molar-refractivity contribution in [2.24, 2.45) is 11.8 Å². The molecule has 1 saturated carbocycles. The van der Waals surface area contributed by atoms with Gasteiger partial charge in [-0.05, 0) is 61.4 Å². The highest BCUT2D eigenvalue weighted by molar-refractivity contribution is 9.10. The van der Waals surface area contributed by atoms with Gasteiger partial charge in [-0.15, -0.1) is 0 Å². The van der Waals surface area contributed by atoms with Gasteiger partial charge in [-0.1, -0.05) is 64.5 Å². The quantitative estimate of drug-likeness (QED) is 0.806. The molecule has 0 spiro atoms. The normalized spacial score (nSPS) is 22.0. The minimum absolute atomic E-state index is 0.707. The number of nitrogens with one attached hydrogen (secondary N) is 1. The van der Waals surface area contributed by atoms with Gasteiger partial charge in [-0.2, -0.15) is 0 Å². The molecule has 0 amide bonds. The Balaban J connectivity index is 1.70. The van der Waals surface area contributed by atoms with Gasteiger partial charge in [0.2, 0.25) is 0 Å². The van der Waals surface area contributed by atoms with Crippen LogP contribution in [-0.4, -0.2) is 13.6 Å². The number of hydrogen-bond donors (Lipinski definition) is 1. The van der Waals surface area contributed by atoms with Gasteiger partial charge >= 0.3 is 0 Å². The molecule has 2 heteroatoms. The van der Waals surface area contributed by atoms with Gasteiger partial charge in [-0.3, -0.25) is 0 Å². The zero-order valence-electron chi connectivity index (χ0n) is 12.4. The Morgan fingerprint density at radius 1 is 1.10 bits per heavy atom. The first-order valence-corrected chi connectivity index (χ1v) is 8.52. The van der Waals surface area contributed by atoms with E-state index < -0.39 is 0 Å². The van der Waals surface area contributed by atoms with Crippen molar-refractivity contribution in [3.05, 3.63) is 70.2 Å². The highest BCUT2D eigenvalue weighted by Gasteiger charge is 2.43. The molecule has 0 bridgehead atoms. The summed E-state index contributed by atoms with van der Waals surface area (Å²) in [4.78, 5) is 0. The highest BCUT2D eigenvalue weighted by atomic mass is 79.9. The molecule has 21 heavy (non-hydrogen) atoms. The smallest absolute Gasteiger partial charge is 0.0207 e. The number of halogens is 1. The summed E-state index contributed by atoms with van der Waals surface area (Å²) in [6.07, 6.45) is 2.48. The molecule has 1 nitrogen and oxygen atoms in total. The van der Waals surface area contributed by atoms with E-state index in [4.69, 9.17) is 0 Å². The first-order valence-electron chi connectivity index (χ1n) is 7.72. The average molecular weight is 344 g/mol. The van der Waals surface area contributed by atoms with Crippen LogP contribution in [-0.2, 0) is 6.42 Å². The maximum atomic E-state index is 3.69. The summed E-state index contributed by atoms with van der Waals surface area (Å²) in [7, 11) is 2.06. The van der Waals surface area contributed by atoms with Crippen molar-refractivity contribution < 1.29 is 0 Å². The molecular formula is C19H22BrN. The van der Waals surface area contributed by atoms with E-state index in [0.717, 1.165) is 24.8 Å². The Hall–Kier alpha value is -1.12. The fourth-order valence-electron chi connectivity index (χ4n) is 3.40. The molecule has 3 rings (SSSR count). The highest BCUT2D eigenvalue weighted by Crippen LogP contribution is 2.52. The maximum absolute atomic E-state index is 3.69. The molecule has 2 aromatic carbocycles. The van der Waals surface area contributed by atoms with Gasteiger partial charge in [0.25, 0.3) is 0 Å². The molecule has 2 aromatic rings. The summed E-state index contributed by atoms with van der Waals surface area (Å²) in [5.74, 6) is 2.28. The standard InChI is InChI=1S/C19H22BrN/c1-21-13-16(11-15-9-5-6-10-19(15)20)18-12-17(18)14-7-3-2-4-8-14/h2-10,16-18,21H,11-13H2,1H3. The Labute approximate surface area is 135 Å². The third kappa shape index (κ3) is 3.56. The molecule has 3 atom stereocenters. The van der Waals surface area contributed by atoms with Crippen molar-refractivity contribution in [1.82, 2.24) is 5.32 Å². The van der Waals surface area contributed by atoms with Gasteiger partial charge < -0.3 is 5.32 Å². The predicted octanol–water partition coefficient (Wildman–Crippen LogP) is 4.63. The molecular weight excluding hydrogens is 322 g/mol. The van der Waals surface area contributed by atoms with Crippen LogP contribution < -0.4 is 5.32 Å². The van der Waals surface area contributed by atoms with E-state index >= 15 is 0 Å². The van der Waals surface area contributed by atoms with E-state index in [-0.39, 0.29) is 0 Å². The van der Waals surface area contributed by atoms with E-state index in [0.29, 0.717) is 5.92 Å². The van der Waals surface area contributed by atoms with Gasteiger partial charge in [0.05, 0.1) is 0 Å². The maximum Gasteiger partial charge on any atom is 0.0207 e. The van der Waals surface area contributed by atoms with Crippen LogP contribution in [0, 0.1) is 11.8 Å². The molecule has 0 aliphatic heterocycles. The van der Waals surface area contributed by atoms with Crippen LogP contribution in [0.25, 0.3) is 0 Å². The second-order valence-electron chi connectivity index (χ2n) is 6.03. The van der Waals surface area contributed by atoms with Crippen LogP contribution >= 0.6 is 15.9 Å². The first kappa shape index (κ1) is 14.8. The Morgan fingerprint density at radius 3 is 2.52 bits per heavy atom. The Bertz CT molecular complexity index is 581. The second kappa shape index (κ2) is 6.76. The topological polar surface area (TPSA) is 12.0 Å². The monoisotopic (exact) mass is 343 g/mol. The summed E-state index contributed by atoms with van der Waals surface area (Å²) in [5, 5.41) is 3.39. The second-order valence-corrected chi connectivity index (χ2v) is 6.88. The molecule has 0 heterocycles. The number of rotatable bonds is 6. The Kier molecular flexibility index (Phi) is 4.77. The first-order chi connectivity index (χ1) is 10.3. The van der Waals surface area contributed by atoms with E-state index in [9.17, 15) is 0 Å². The molecule has 0 aromatic heterocycles. The number of benzene rings is 2. The third-order valence-electron chi connectivity index (χ3n) is 4.58. The largest absolute Gasteiger partial charge is 0.319 e. The molecule has 1 aliphatic carbocycles. The fourth-order valence-corrected chi connectivity index (χ4v) is 3.85. The number of hydrogen-bond acceptors (Lipinski definition) is 1. The average Bonchev–Trinajstić information content (AvgIpc) is 3.30. The van der Waals surface area contributed by atoms with E-state index in [2.05, 4.69) is 82.9 Å². The lowest BCUT2D eigenvalue weighted by atomic mass is 9.92. The summed E-state index contributed by atoms with van der Waals surface area (Å²) >= 11 is 3.69. The lowest BCUT2D eigenvalue weighted by molar-refractivity contribution is 0.431. The van der Waals surface area contributed by atoms with Crippen LogP contribution in [0.5, 0.6) is 0 Å². The van der Waals surface area contributed by atoms with Crippen molar-refractivity contribution in [3.8, 4) is 0 Å². The van der Waals surface area contributed by atoms with Crippen molar-refractivity contribution in [1.29, 1.82) is 0 Å². The third-order valence-corrected chi connectivity index (χ3v) is 5.35. The Morgan fingerprint density at radius 2 is 1.81 bits per heavy atom. The van der Waals surface area contributed by atoms with Crippen LogP contribution in [0.4, 0.5) is 0 Å². The zero-order valence-corrected chi connectivity index (χ0v) is 14.0.